The molecule has 1 saturated heterocycles. The van der Waals surface area contributed by atoms with Crippen LogP contribution in [0.15, 0.2) is 18.3 Å². The molecule has 98 valence electrons. The first-order chi connectivity index (χ1) is 9.15. The van der Waals surface area contributed by atoms with E-state index in [1.807, 2.05) is 6.92 Å². The van der Waals surface area contributed by atoms with Crippen LogP contribution in [0.2, 0.25) is 0 Å². The number of ether oxygens (including phenoxy) is 1. The molecule has 4 heteroatoms. The molecule has 0 aromatic carbocycles. The zero-order valence-corrected chi connectivity index (χ0v) is 10.9. The summed E-state index contributed by atoms with van der Waals surface area (Å²) in [6.07, 6.45) is 3.98. The number of carbonyl (C=O) groups excluding carboxylic acids is 1. The van der Waals surface area contributed by atoms with Gasteiger partial charge in [0, 0.05) is 12.1 Å². The fourth-order valence-electron chi connectivity index (χ4n) is 1.83. The highest BCUT2D eigenvalue weighted by Crippen LogP contribution is 2.27. The summed E-state index contributed by atoms with van der Waals surface area (Å²) in [4.78, 5) is 16.2. The smallest absolute Gasteiger partial charge is 0.253 e. The van der Waals surface area contributed by atoms with Crippen LogP contribution in [0, 0.1) is 17.8 Å². The molecule has 1 aliphatic heterocycles. The summed E-state index contributed by atoms with van der Waals surface area (Å²) in [6, 6.07) is 3.56. The third-order valence-corrected chi connectivity index (χ3v) is 3.26. The molecule has 3 rings (SSSR count). The fourth-order valence-corrected chi connectivity index (χ4v) is 1.83. The lowest BCUT2D eigenvalue weighted by molar-refractivity contribution is -0.0593. The van der Waals surface area contributed by atoms with Crippen LogP contribution in [0.1, 0.15) is 35.8 Å². The van der Waals surface area contributed by atoms with E-state index in [4.69, 9.17) is 4.74 Å². The van der Waals surface area contributed by atoms with E-state index < -0.39 is 0 Å². The van der Waals surface area contributed by atoms with Gasteiger partial charge >= 0.3 is 0 Å². The van der Waals surface area contributed by atoms with Gasteiger partial charge in [0.2, 0.25) is 0 Å². The topological polar surface area (TPSA) is 51.2 Å². The number of nitrogens with zero attached hydrogens (tertiary/aromatic N) is 1. The lowest BCUT2D eigenvalue weighted by Gasteiger charge is -2.38. The Morgan fingerprint density at radius 2 is 2.26 bits per heavy atom. The van der Waals surface area contributed by atoms with Gasteiger partial charge in [0.05, 0.1) is 24.3 Å². The molecule has 1 aromatic heterocycles. The summed E-state index contributed by atoms with van der Waals surface area (Å²) in [6.45, 7) is 3.10. The summed E-state index contributed by atoms with van der Waals surface area (Å²) >= 11 is 0. The highest BCUT2D eigenvalue weighted by molar-refractivity contribution is 5.94. The molecule has 0 atom stereocenters. The maximum absolute atomic E-state index is 12.0. The molecule has 0 spiro atoms. The maximum Gasteiger partial charge on any atom is 0.253 e. The molecule has 0 unspecified atom stereocenters. The van der Waals surface area contributed by atoms with E-state index in [0.29, 0.717) is 24.7 Å². The van der Waals surface area contributed by atoms with Gasteiger partial charge in [0.15, 0.2) is 0 Å². The van der Waals surface area contributed by atoms with Crippen molar-refractivity contribution < 1.29 is 9.53 Å². The van der Waals surface area contributed by atoms with Crippen LogP contribution in [0.3, 0.4) is 0 Å². The normalized spacial score (nSPS) is 19.8. The van der Waals surface area contributed by atoms with Gasteiger partial charge in [-0.1, -0.05) is 5.92 Å². The average molecular weight is 256 g/mol. The molecule has 1 amide bonds. The molecule has 1 saturated carbocycles. The van der Waals surface area contributed by atoms with Crippen molar-refractivity contribution in [3.05, 3.63) is 29.6 Å². The van der Waals surface area contributed by atoms with Crippen molar-refractivity contribution in [1.29, 1.82) is 0 Å². The largest absolute Gasteiger partial charge is 0.376 e. The minimum atomic E-state index is -0.235. The van der Waals surface area contributed by atoms with Crippen molar-refractivity contribution in [2.24, 2.45) is 5.92 Å². The Morgan fingerprint density at radius 3 is 2.79 bits per heavy atom. The fraction of sp³-hybridized carbons (Fsp3) is 0.467. The predicted octanol–water partition coefficient (Wildman–Crippen LogP) is 1.36. The van der Waals surface area contributed by atoms with Crippen molar-refractivity contribution >= 4 is 5.91 Å². The second kappa shape index (κ2) is 4.67. The number of nitrogens with one attached hydrogen (secondary N) is 1. The monoisotopic (exact) mass is 256 g/mol. The summed E-state index contributed by atoms with van der Waals surface area (Å²) < 4.78 is 5.11. The molecule has 0 radical (unpaired) electrons. The van der Waals surface area contributed by atoms with Gasteiger partial charge in [0.1, 0.15) is 5.69 Å². The number of aromatic nitrogens is 1. The van der Waals surface area contributed by atoms with Gasteiger partial charge in [0.25, 0.3) is 5.91 Å². The highest BCUT2D eigenvalue weighted by atomic mass is 16.5. The quantitative estimate of drug-likeness (QED) is 0.813. The second-order valence-corrected chi connectivity index (χ2v) is 5.48. The van der Waals surface area contributed by atoms with E-state index in [0.717, 1.165) is 5.69 Å². The number of carbonyl (C=O) groups is 1. The zero-order valence-electron chi connectivity index (χ0n) is 10.9. The van der Waals surface area contributed by atoms with Crippen LogP contribution in [0.25, 0.3) is 0 Å². The highest BCUT2D eigenvalue weighted by Gasteiger charge is 2.34. The molecular formula is C15H16N2O2. The van der Waals surface area contributed by atoms with Crippen LogP contribution >= 0.6 is 0 Å². The number of pyridine rings is 1. The molecule has 2 fully saturated rings. The van der Waals surface area contributed by atoms with Crippen LogP contribution in [-0.2, 0) is 4.74 Å². The summed E-state index contributed by atoms with van der Waals surface area (Å²) in [5.74, 6) is 6.63. The average Bonchev–Trinajstić information content (AvgIpc) is 3.19. The Hall–Kier alpha value is -1.86. The Morgan fingerprint density at radius 1 is 1.47 bits per heavy atom. The lowest BCUT2D eigenvalue weighted by atomic mass is 10.0. The van der Waals surface area contributed by atoms with Gasteiger partial charge < -0.3 is 10.1 Å². The lowest BCUT2D eigenvalue weighted by Crippen LogP contribution is -2.59. The van der Waals surface area contributed by atoms with E-state index in [2.05, 4.69) is 22.1 Å². The third-order valence-electron chi connectivity index (χ3n) is 3.26. The standard InChI is InChI=1S/C15H16N2O2/c1-15(9-19-10-15)17-14(18)12-5-7-13(16-8-12)6-4-11-2-3-11/h5,7-8,11H,2-3,9-10H2,1H3,(H,17,18). The Balaban J connectivity index is 1.64. The SMILES string of the molecule is CC1(NC(=O)c2ccc(C#CC3CC3)nc2)COC1. The maximum atomic E-state index is 12.0. The first kappa shape index (κ1) is 12.2. The third kappa shape index (κ3) is 2.94. The van der Waals surface area contributed by atoms with Crippen LogP contribution in [-0.4, -0.2) is 29.6 Å². The van der Waals surface area contributed by atoms with Crippen LogP contribution < -0.4 is 5.32 Å². The molecular weight excluding hydrogens is 240 g/mol. The molecule has 19 heavy (non-hydrogen) atoms. The van der Waals surface area contributed by atoms with Crippen molar-refractivity contribution in [3.63, 3.8) is 0 Å². The molecule has 0 bridgehead atoms. The Labute approximate surface area is 112 Å². The minimum Gasteiger partial charge on any atom is -0.376 e. The summed E-state index contributed by atoms with van der Waals surface area (Å²) in [7, 11) is 0. The first-order valence-corrected chi connectivity index (χ1v) is 6.52. The number of hydrogen-bond acceptors (Lipinski definition) is 3. The number of rotatable bonds is 2. The van der Waals surface area contributed by atoms with Gasteiger partial charge in [-0.3, -0.25) is 4.79 Å². The minimum absolute atomic E-state index is 0.111. The van der Waals surface area contributed by atoms with Gasteiger partial charge in [-0.2, -0.15) is 0 Å². The zero-order chi connectivity index (χ0) is 13.3. The second-order valence-electron chi connectivity index (χ2n) is 5.48. The van der Waals surface area contributed by atoms with Crippen molar-refractivity contribution in [3.8, 4) is 11.8 Å². The molecule has 1 aromatic rings. The van der Waals surface area contributed by atoms with Crippen LogP contribution in [0.5, 0.6) is 0 Å². The van der Waals surface area contributed by atoms with E-state index in [1.54, 1.807) is 18.3 Å². The van der Waals surface area contributed by atoms with E-state index >= 15 is 0 Å². The van der Waals surface area contributed by atoms with E-state index in [9.17, 15) is 4.79 Å². The van der Waals surface area contributed by atoms with Gasteiger partial charge in [-0.15, -0.1) is 0 Å². The van der Waals surface area contributed by atoms with Gasteiger partial charge in [-0.25, -0.2) is 4.98 Å². The molecule has 2 heterocycles. The van der Waals surface area contributed by atoms with Crippen LogP contribution in [0.4, 0.5) is 0 Å². The Bertz CT molecular complexity index is 546. The predicted molar refractivity (Wildman–Crippen MR) is 70.5 cm³/mol. The summed E-state index contributed by atoms with van der Waals surface area (Å²) in [5.41, 5.74) is 1.05. The molecule has 4 nitrogen and oxygen atoms in total. The first-order valence-electron chi connectivity index (χ1n) is 6.52. The molecule has 1 N–H and O–H groups in total. The number of amides is 1. The Kier molecular flexibility index (Phi) is 3.00. The molecule has 2 aliphatic rings. The summed E-state index contributed by atoms with van der Waals surface area (Å²) in [5, 5.41) is 2.95. The van der Waals surface area contributed by atoms with Crippen molar-refractivity contribution in [2.45, 2.75) is 25.3 Å². The van der Waals surface area contributed by atoms with E-state index in [1.165, 1.54) is 12.8 Å². The van der Waals surface area contributed by atoms with Gasteiger partial charge in [-0.05, 0) is 37.8 Å². The van der Waals surface area contributed by atoms with E-state index in [-0.39, 0.29) is 11.4 Å². The van der Waals surface area contributed by atoms with Crippen molar-refractivity contribution in [1.82, 2.24) is 10.3 Å². The molecule has 1 aliphatic carbocycles. The van der Waals surface area contributed by atoms with Crippen molar-refractivity contribution in [2.75, 3.05) is 13.2 Å². The number of hydrogen-bond donors (Lipinski definition) is 1.